The second kappa shape index (κ2) is 24.3. The largest absolute Gasteiger partial charge is 0.347 e. The van der Waals surface area contributed by atoms with Crippen LogP contribution in [0.2, 0.25) is 10.0 Å². The van der Waals surface area contributed by atoms with Crippen LogP contribution in [-0.2, 0) is 43.6 Å². The molecule has 6 heterocycles. The Morgan fingerprint density at radius 2 is 1.05 bits per heavy atom. The molecule has 386 valence electrons. The van der Waals surface area contributed by atoms with E-state index in [0.717, 1.165) is 74.1 Å². The second-order valence-corrected chi connectivity index (χ2v) is 21.9. The molecule has 2 fully saturated rings. The SMILES string of the molecule is ClCc1cn(C(c2ccccc2)(c2ccccc2)c2ccccc2)cn1.Clc1ccc2c(c1)CCc1cccnc1C2C1CCN(Cc2cnc[nH]2)CC1.Clc1ccc2c(c1)CCc1cccnc1C2C1CCNCC1. The minimum atomic E-state index is -0.513. The summed E-state index contributed by atoms with van der Waals surface area (Å²) in [6.45, 7) is 5.42. The Hall–Kier alpha value is -6.39. The van der Waals surface area contributed by atoms with Gasteiger partial charge in [-0.1, -0.05) is 138 Å². The molecule has 5 aromatic carbocycles. The zero-order chi connectivity index (χ0) is 51.7. The fourth-order valence-electron chi connectivity index (χ4n) is 12.7. The van der Waals surface area contributed by atoms with Gasteiger partial charge < -0.3 is 14.9 Å². The van der Waals surface area contributed by atoms with E-state index in [1.54, 1.807) is 6.33 Å². The number of H-pyrrole nitrogens is 1. The van der Waals surface area contributed by atoms with Crippen LogP contribution in [0.15, 0.2) is 189 Å². The van der Waals surface area contributed by atoms with Crippen LogP contribution in [0.5, 0.6) is 0 Å². The van der Waals surface area contributed by atoms with Gasteiger partial charge in [-0.3, -0.25) is 14.9 Å². The van der Waals surface area contributed by atoms with E-state index < -0.39 is 5.54 Å². The number of nitrogens with zero attached hydrogens (tertiary/aromatic N) is 6. The summed E-state index contributed by atoms with van der Waals surface area (Å²) in [6.07, 6.45) is 20.6. The van der Waals surface area contributed by atoms with Crippen LogP contribution >= 0.6 is 34.8 Å². The Kier molecular flexibility index (Phi) is 16.5. The van der Waals surface area contributed by atoms with Crippen molar-refractivity contribution in [2.24, 2.45) is 11.8 Å². The van der Waals surface area contributed by atoms with Crippen molar-refractivity contribution in [3.05, 3.63) is 272 Å². The monoisotopic (exact) mass is 1060 g/mol. The Morgan fingerprint density at radius 3 is 1.53 bits per heavy atom. The number of likely N-dealkylation sites (tertiary alicyclic amines) is 1. The van der Waals surface area contributed by atoms with Crippen molar-refractivity contribution in [1.82, 2.24) is 39.7 Å². The van der Waals surface area contributed by atoms with Crippen molar-refractivity contribution < 1.29 is 0 Å². The van der Waals surface area contributed by atoms with Gasteiger partial charge >= 0.3 is 0 Å². The summed E-state index contributed by atoms with van der Waals surface area (Å²) in [5, 5.41) is 5.17. The summed E-state index contributed by atoms with van der Waals surface area (Å²) < 4.78 is 2.17. The highest BCUT2D eigenvalue weighted by Crippen LogP contribution is 2.45. The lowest BCUT2D eigenvalue weighted by atomic mass is 9.76. The first-order valence-electron chi connectivity index (χ1n) is 27.1. The Labute approximate surface area is 463 Å². The average Bonchev–Trinajstić information content (AvgIpc) is 4.13. The average molecular weight is 1060 g/mol. The summed E-state index contributed by atoms with van der Waals surface area (Å²) in [5.41, 5.74) is 16.2. The van der Waals surface area contributed by atoms with Crippen LogP contribution in [0.25, 0.3) is 0 Å². The van der Waals surface area contributed by atoms with E-state index in [1.165, 1.54) is 92.8 Å². The number of aromatic nitrogens is 6. The van der Waals surface area contributed by atoms with Crippen molar-refractivity contribution in [3.63, 3.8) is 0 Å². The fourth-order valence-corrected chi connectivity index (χ4v) is 13.2. The van der Waals surface area contributed by atoms with Crippen molar-refractivity contribution in [1.29, 1.82) is 0 Å². The number of fused-ring (bicyclic) bond motifs is 4. The van der Waals surface area contributed by atoms with Gasteiger partial charge in [0.1, 0.15) is 5.54 Å². The van der Waals surface area contributed by atoms with Crippen LogP contribution in [-0.4, -0.2) is 60.6 Å². The van der Waals surface area contributed by atoms with Crippen LogP contribution in [0.3, 0.4) is 0 Å². The number of hydrogen-bond donors (Lipinski definition) is 2. The van der Waals surface area contributed by atoms with Crippen LogP contribution in [0.1, 0.15) is 110 Å². The molecule has 2 atom stereocenters. The third kappa shape index (κ3) is 11.2. The van der Waals surface area contributed by atoms with E-state index >= 15 is 0 Å². The maximum Gasteiger partial charge on any atom is 0.121 e. The molecule has 9 aromatic rings. The molecule has 8 nitrogen and oxygen atoms in total. The number of halogens is 3. The number of nitrogens with one attached hydrogen (secondary N) is 2. The van der Waals surface area contributed by atoms with Gasteiger partial charge in [-0.15, -0.1) is 11.6 Å². The predicted octanol–water partition coefficient (Wildman–Crippen LogP) is 14.0. The maximum atomic E-state index is 6.33. The van der Waals surface area contributed by atoms with Gasteiger partial charge in [-0.25, -0.2) is 9.97 Å². The molecule has 76 heavy (non-hydrogen) atoms. The van der Waals surface area contributed by atoms with E-state index in [9.17, 15) is 0 Å². The molecule has 4 aliphatic rings. The number of hydrogen-bond acceptors (Lipinski definition) is 6. The first kappa shape index (κ1) is 51.7. The molecule has 2 N–H and O–H groups in total. The van der Waals surface area contributed by atoms with Gasteiger partial charge in [0.05, 0.1) is 35.6 Å². The topological polar surface area (TPSA) is 87.6 Å². The summed E-state index contributed by atoms with van der Waals surface area (Å²) in [5.74, 6) is 2.48. The van der Waals surface area contributed by atoms with Crippen LogP contribution < -0.4 is 5.32 Å². The third-order valence-corrected chi connectivity index (χ3v) is 17.0. The number of aromatic amines is 1. The fraction of sp³-hybridized carbons (Fsp3) is 0.292. The molecule has 0 radical (unpaired) electrons. The first-order chi connectivity index (χ1) is 37.5. The van der Waals surface area contributed by atoms with Gasteiger partial charge in [0.15, 0.2) is 0 Å². The molecule has 4 aromatic heterocycles. The molecule has 0 amide bonds. The normalized spacial score (nSPS) is 17.7. The molecule has 0 spiro atoms. The number of rotatable bonds is 9. The highest BCUT2D eigenvalue weighted by atomic mass is 35.5. The van der Waals surface area contributed by atoms with Gasteiger partial charge in [0.2, 0.25) is 0 Å². The molecule has 0 saturated carbocycles. The number of aryl methyl sites for hydroxylation is 4. The molecular weight excluding hydrogens is 999 g/mol. The van der Waals surface area contributed by atoms with E-state index in [-0.39, 0.29) is 0 Å². The highest BCUT2D eigenvalue weighted by molar-refractivity contribution is 6.31. The van der Waals surface area contributed by atoms with Crippen molar-refractivity contribution >= 4 is 34.8 Å². The van der Waals surface area contributed by atoms with Gasteiger partial charge in [-0.2, -0.15) is 0 Å². The first-order valence-corrected chi connectivity index (χ1v) is 28.4. The molecule has 2 unspecified atom stereocenters. The quantitative estimate of drug-likeness (QED) is 0.111. The molecule has 13 rings (SSSR count). The Morgan fingerprint density at radius 1 is 0.553 bits per heavy atom. The van der Waals surface area contributed by atoms with Gasteiger partial charge in [-0.05, 0) is 176 Å². The Balaban J connectivity index is 0.000000123. The standard InChI is InChI=1S/C23H25ClN4.C23H19ClN2.C19H21ClN2/c24-19-5-6-21-18(12-19)4-3-17-2-1-9-26-23(17)22(21)16-7-10-28(11-8-16)14-20-13-25-15-27-20;24-16-22-17-26(18-25-22)23(19-10-4-1-5-11-19,20-12-6-2-7-13-20)21-14-8-3-9-15-21;20-16-5-6-17-15(12-16)4-3-14-2-1-9-22-19(14)18(17)13-7-10-21-11-8-13/h1-2,5-6,9,12-13,15-16,22H,3-4,7-8,10-11,14H2,(H,25,27);1-15,17-18H,16H2;1-2,5-6,9,12-13,18,21H,3-4,7-8,10-11H2. The number of benzene rings is 5. The van der Waals surface area contributed by atoms with Crippen LogP contribution in [0.4, 0.5) is 0 Å². The van der Waals surface area contributed by atoms with E-state index in [1.807, 2.05) is 55.4 Å². The smallest absolute Gasteiger partial charge is 0.121 e. The summed E-state index contributed by atoms with van der Waals surface area (Å²) in [6, 6.07) is 53.2. The van der Waals surface area contributed by atoms with E-state index in [0.29, 0.717) is 29.6 Å². The summed E-state index contributed by atoms with van der Waals surface area (Å²) in [4.78, 5) is 24.1. The molecule has 2 saturated heterocycles. The predicted molar refractivity (Wildman–Crippen MR) is 308 cm³/mol. The summed E-state index contributed by atoms with van der Waals surface area (Å²) in [7, 11) is 0. The lowest BCUT2D eigenvalue weighted by Gasteiger charge is -2.37. The van der Waals surface area contributed by atoms with Gasteiger partial charge in [0, 0.05) is 58.9 Å². The molecular formula is C65H65Cl3N8. The lowest BCUT2D eigenvalue weighted by molar-refractivity contribution is 0.166. The third-order valence-electron chi connectivity index (χ3n) is 16.3. The zero-order valence-corrected chi connectivity index (χ0v) is 45.2. The number of pyridine rings is 2. The number of piperidine rings is 2. The van der Waals surface area contributed by atoms with E-state index in [4.69, 9.17) is 44.8 Å². The summed E-state index contributed by atoms with van der Waals surface area (Å²) >= 11 is 18.6. The number of imidazole rings is 2. The van der Waals surface area contributed by atoms with E-state index in [2.05, 4.69) is 157 Å². The Bertz CT molecular complexity index is 3180. The molecule has 2 aliphatic carbocycles. The van der Waals surface area contributed by atoms with Crippen LogP contribution in [0, 0.1) is 11.8 Å². The molecule has 11 heteroatoms. The van der Waals surface area contributed by atoms with Crippen molar-refractivity contribution in [2.75, 3.05) is 26.2 Å². The molecule has 0 bridgehead atoms. The number of alkyl halides is 1. The second-order valence-electron chi connectivity index (χ2n) is 20.7. The minimum absolute atomic E-state index is 0.375. The maximum absolute atomic E-state index is 6.33. The molecule has 2 aliphatic heterocycles. The minimum Gasteiger partial charge on any atom is -0.347 e. The van der Waals surface area contributed by atoms with Crippen molar-refractivity contribution in [3.8, 4) is 0 Å². The van der Waals surface area contributed by atoms with Gasteiger partial charge in [0.25, 0.3) is 0 Å². The zero-order valence-electron chi connectivity index (χ0n) is 42.9. The van der Waals surface area contributed by atoms with Crippen molar-refractivity contribution in [2.45, 2.75) is 81.2 Å². The lowest BCUT2D eigenvalue weighted by Crippen LogP contribution is -2.36. The highest BCUT2D eigenvalue weighted by Gasteiger charge is 2.39.